The van der Waals surface area contributed by atoms with Gasteiger partial charge in [-0.1, -0.05) is 6.92 Å². The Bertz CT molecular complexity index is 491. The topological polar surface area (TPSA) is 126 Å². The number of carboxylic acids is 1. The number of aromatic carboxylic acids is 1. The zero-order valence-corrected chi connectivity index (χ0v) is 10.5. The number of carboxylic acid groups (broad SMARTS) is 1. The van der Waals surface area contributed by atoms with Crippen LogP contribution in [0, 0.1) is 16.0 Å². The molecule has 0 aliphatic carbocycles. The van der Waals surface area contributed by atoms with E-state index in [-0.39, 0.29) is 24.4 Å². The number of aromatic nitrogens is 1. The van der Waals surface area contributed by atoms with Crippen molar-refractivity contribution in [3.8, 4) is 0 Å². The van der Waals surface area contributed by atoms with Gasteiger partial charge in [0.05, 0.1) is 4.92 Å². The molecule has 2 atom stereocenters. The first kappa shape index (κ1) is 14.8. The average Bonchev–Trinajstić information content (AvgIpc) is 2.37. The van der Waals surface area contributed by atoms with Crippen molar-refractivity contribution < 1.29 is 19.9 Å². The molecule has 0 aliphatic heterocycles. The zero-order valence-electron chi connectivity index (χ0n) is 10.5. The normalized spacial score (nSPS) is 13.6. The van der Waals surface area contributed by atoms with Gasteiger partial charge in [-0.3, -0.25) is 10.1 Å². The highest BCUT2D eigenvalue weighted by molar-refractivity contribution is 5.93. The Balaban J connectivity index is 3.02. The zero-order chi connectivity index (χ0) is 14.6. The fourth-order valence-electron chi connectivity index (χ4n) is 1.38. The van der Waals surface area contributed by atoms with Gasteiger partial charge in [-0.25, -0.2) is 9.78 Å². The van der Waals surface area contributed by atoms with Crippen LogP contribution in [0.1, 0.15) is 24.2 Å². The van der Waals surface area contributed by atoms with Crippen molar-refractivity contribution in [3.63, 3.8) is 0 Å². The first-order valence-electron chi connectivity index (χ1n) is 5.62. The van der Waals surface area contributed by atoms with E-state index < -0.39 is 22.1 Å². The van der Waals surface area contributed by atoms with Crippen LogP contribution in [-0.4, -0.2) is 38.7 Å². The van der Waals surface area contributed by atoms with E-state index in [0.29, 0.717) is 0 Å². The Labute approximate surface area is 109 Å². The minimum absolute atomic E-state index is 0.0348. The Morgan fingerprint density at radius 3 is 2.68 bits per heavy atom. The third-order valence-corrected chi connectivity index (χ3v) is 2.83. The lowest BCUT2D eigenvalue weighted by atomic mass is 10.1. The van der Waals surface area contributed by atoms with Crippen LogP contribution in [0.5, 0.6) is 0 Å². The van der Waals surface area contributed by atoms with E-state index >= 15 is 0 Å². The van der Waals surface area contributed by atoms with Gasteiger partial charge in [0.25, 0.3) is 0 Å². The van der Waals surface area contributed by atoms with Gasteiger partial charge in [0.1, 0.15) is 17.6 Å². The van der Waals surface area contributed by atoms with Crippen LogP contribution in [0.3, 0.4) is 0 Å². The first-order valence-corrected chi connectivity index (χ1v) is 5.62. The van der Waals surface area contributed by atoms with E-state index in [1.165, 1.54) is 0 Å². The number of hydrogen-bond donors (Lipinski definition) is 3. The predicted octanol–water partition coefficient (Wildman–Crippen LogP) is 1.12. The van der Waals surface area contributed by atoms with Gasteiger partial charge in [-0.2, -0.15) is 0 Å². The number of carbonyl (C=O) groups is 1. The van der Waals surface area contributed by atoms with Crippen molar-refractivity contribution >= 4 is 17.5 Å². The summed E-state index contributed by atoms with van der Waals surface area (Å²) in [5, 5.41) is 31.5. The van der Waals surface area contributed by atoms with Gasteiger partial charge >= 0.3 is 11.7 Å². The largest absolute Gasteiger partial charge is 0.477 e. The predicted molar refractivity (Wildman–Crippen MR) is 67.2 cm³/mol. The molecule has 0 fully saturated rings. The Morgan fingerprint density at radius 1 is 1.58 bits per heavy atom. The monoisotopic (exact) mass is 269 g/mol. The molecule has 0 aromatic carbocycles. The van der Waals surface area contributed by atoms with E-state index in [4.69, 9.17) is 10.2 Å². The second-order valence-corrected chi connectivity index (χ2v) is 4.24. The molecule has 8 heteroatoms. The molecule has 0 radical (unpaired) electrons. The highest BCUT2D eigenvalue weighted by atomic mass is 16.6. The molecule has 0 aliphatic rings. The summed E-state index contributed by atoms with van der Waals surface area (Å²) in [6.45, 7) is 3.57. The Morgan fingerprint density at radius 2 is 2.21 bits per heavy atom. The highest BCUT2D eigenvalue weighted by Gasteiger charge is 2.22. The summed E-state index contributed by atoms with van der Waals surface area (Å²) in [7, 11) is 0. The third kappa shape index (κ3) is 3.62. The van der Waals surface area contributed by atoms with E-state index in [0.717, 1.165) is 12.3 Å². The lowest BCUT2D eigenvalue weighted by Gasteiger charge is -2.19. The molecule has 104 valence electrons. The van der Waals surface area contributed by atoms with Crippen molar-refractivity contribution in [2.24, 2.45) is 5.92 Å². The maximum atomic E-state index is 11.0. The fourth-order valence-corrected chi connectivity index (χ4v) is 1.38. The molecular weight excluding hydrogens is 254 g/mol. The van der Waals surface area contributed by atoms with Crippen molar-refractivity contribution in [3.05, 3.63) is 27.9 Å². The van der Waals surface area contributed by atoms with Crippen LogP contribution in [-0.2, 0) is 0 Å². The second-order valence-electron chi connectivity index (χ2n) is 4.24. The van der Waals surface area contributed by atoms with Gasteiger partial charge in [0.15, 0.2) is 0 Å². The Kier molecular flexibility index (Phi) is 4.76. The van der Waals surface area contributed by atoms with Crippen molar-refractivity contribution in [1.29, 1.82) is 0 Å². The summed E-state index contributed by atoms with van der Waals surface area (Å²) >= 11 is 0. The average molecular weight is 269 g/mol. The number of nitrogens with zero attached hydrogens (tertiary/aromatic N) is 2. The summed E-state index contributed by atoms with van der Waals surface area (Å²) < 4.78 is 0. The maximum absolute atomic E-state index is 11.0. The smallest absolute Gasteiger partial charge is 0.342 e. The SMILES string of the molecule is CC(CO)C(C)Nc1cc(C(=O)O)c([N+](=O)[O-])cn1. The maximum Gasteiger partial charge on any atom is 0.342 e. The molecule has 0 saturated carbocycles. The number of rotatable bonds is 6. The van der Waals surface area contributed by atoms with Gasteiger partial charge in [0.2, 0.25) is 0 Å². The first-order chi connectivity index (χ1) is 8.86. The molecule has 8 nitrogen and oxygen atoms in total. The fraction of sp³-hybridized carbons (Fsp3) is 0.455. The van der Waals surface area contributed by atoms with Crippen LogP contribution in [0.15, 0.2) is 12.3 Å². The number of aliphatic hydroxyl groups is 1. The molecule has 1 aromatic rings. The molecule has 0 amide bonds. The molecule has 0 saturated heterocycles. The minimum atomic E-state index is -1.39. The van der Waals surface area contributed by atoms with Crippen LogP contribution in [0.4, 0.5) is 11.5 Å². The molecule has 3 N–H and O–H groups in total. The molecule has 2 unspecified atom stereocenters. The number of pyridine rings is 1. The van der Waals surface area contributed by atoms with E-state index in [1.54, 1.807) is 13.8 Å². The lowest BCUT2D eigenvalue weighted by Crippen LogP contribution is -2.26. The number of aliphatic hydroxyl groups excluding tert-OH is 1. The van der Waals surface area contributed by atoms with Gasteiger partial charge in [-0.05, 0) is 12.8 Å². The third-order valence-electron chi connectivity index (χ3n) is 2.83. The summed E-state index contributed by atoms with van der Waals surface area (Å²) in [4.78, 5) is 24.6. The molecule has 0 bridgehead atoms. The standard InChI is InChI=1S/C11H15N3O5/c1-6(5-15)7(2)13-10-3-8(11(16)17)9(4-12-10)14(18)19/h3-4,6-7,15H,5H2,1-2H3,(H,12,13)(H,16,17). The molecular formula is C11H15N3O5. The summed E-state index contributed by atoms with van der Waals surface area (Å²) in [5.74, 6) is -1.24. The Hall–Kier alpha value is -2.22. The highest BCUT2D eigenvalue weighted by Crippen LogP contribution is 2.21. The van der Waals surface area contributed by atoms with Crippen LogP contribution >= 0.6 is 0 Å². The minimum Gasteiger partial charge on any atom is -0.477 e. The molecule has 0 spiro atoms. The van der Waals surface area contributed by atoms with Gasteiger partial charge in [0, 0.05) is 18.7 Å². The lowest BCUT2D eigenvalue weighted by molar-refractivity contribution is -0.385. The van der Waals surface area contributed by atoms with E-state index in [1.807, 2.05) is 0 Å². The van der Waals surface area contributed by atoms with Gasteiger partial charge in [-0.15, -0.1) is 0 Å². The molecule has 1 rings (SSSR count). The number of hydrogen-bond acceptors (Lipinski definition) is 6. The van der Waals surface area contributed by atoms with Crippen LogP contribution < -0.4 is 5.32 Å². The van der Waals surface area contributed by atoms with Crippen molar-refractivity contribution in [1.82, 2.24) is 4.98 Å². The summed E-state index contributed by atoms with van der Waals surface area (Å²) in [5.41, 5.74) is -0.979. The quantitative estimate of drug-likeness (QED) is 0.521. The van der Waals surface area contributed by atoms with Crippen molar-refractivity contribution in [2.75, 3.05) is 11.9 Å². The molecule has 19 heavy (non-hydrogen) atoms. The molecule has 1 aromatic heterocycles. The summed E-state index contributed by atoms with van der Waals surface area (Å²) in [6, 6.07) is 0.960. The van der Waals surface area contributed by atoms with Crippen molar-refractivity contribution in [2.45, 2.75) is 19.9 Å². The van der Waals surface area contributed by atoms with Crippen LogP contribution in [0.25, 0.3) is 0 Å². The van der Waals surface area contributed by atoms with Gasteiger partial charge < -0.3 is 15.5 Å². The molecule has 1 heterocycles. The van der Waals surface area contributed by atoms with Crippen LogP contribution in [0.2, 0.25) is 0 Å². The number of anilines is 1. The second kappa shape index (κ2) is 6.10. The number of nitro groups is 1. The summed E-state index contributed by atoms with van der Waals surface area (Å²) in [6.07, 6.45) is 0.905. The number of nitrogens with one attached hydrogen (secondary N) is 1. The van der Waals surface area contributed by atoms with E-state index in [2.05, 4.69) is 10.3 Å². The van der Waals surface area contributed by atoms with E-state index in [9.17, 15) is 14.9 Å².